The Bertz CT molecular complexity index is 830. The fraction of sp³-hybridized carbons (Fsp3) is 0.235. The zero-order valence-corrected chi connectivity index (χ0v) is 13.4. The summed E-state index contributed by atoms with van der Waals surface area (Å²) in [6.45, 7) is 2.80. The van der Waals surface area contributed by atoms with E-state index in [0.717, 1.165) is 0 Å². The average Bonchev–Trinajstić information content (AvgIpc) is 2.53. The summed E-state index contributed by atoms with van der Waals surface area (Å²) in [6.07, 6.45) is 0. The molecule has 1 heterocycles. The van der Waals surface area contributed by atoms with E-state index in [9.17, 15) is 18.8 Å². The highest BCUT2D eigenvalue weighted by molar-refractivity contribution is 5.88. The molecule has 1 aromatic carbocycles. The van der Waals surface area contributed by atoms with Crippen LogP contribution in [0.5, 0.6) is 0 Å². The SMILES string of the molecule is CC(=O)Nc1ccc(C)n(CC(=O)NCc2ccccc2F)c1=O. The molecule has 0 saturated carbocycles. The molecule has 0 fully saturated rings. The van der Waals surface area contributed by atoms with E-state index in [2.05, 4.69) is 10.6 Å². The molecule has 0 unspecified atom stereocenters. The number of anilines is 1. The Morgan fingerprint density at radius 2 is 1.88 bits per heavy atom. The number of nitrogens with one attached hydrogen (secondary N) is 2. The normalized spacial score (nSPS) is 10.3. The van der Waals surface area contributed by atoms with Crippen molar-refractivity contribution in [2.75, 3.05) is 5.32 Å². The van der Waals surface area contributed by atoms with Crippen molar-refractivity contribution in [3.05, 3.63) is 63.8 Å². The number of halogens is 1. The predicted molar refractivity (Wildman–Crippen MR) is 88.0 cm³/mol. The van der Waals surface area contributed by atoms with Crippen molar-refractivity contribution < 1.29 is 14.0 Å². The van der Waals surface area contributed by atoms with E-state index in [-0.39, 0.29) is 24.7 Å². The molecule has 0 aliphatic rings. The third-order valence-corrected chi connectivity index (χ3v) is 3.44. The van der Waals surface area contributed by atoms with Crippen LogP contribution in [0.4, 0.5) is 10.1 Å². The number of carbonyl (C=O) groups excluding carboxylic acids is 2. The van der Waals surface area contributed by atoms with E-state index in [1.54, 1.807) is 31.2 Å². The molecule has 0 aliphatic heterocycles. The Kier molecular flexibility index (Phi) is 5.47. The molecule has 0 saturated heterocycles. The van der Waals surface area contributed by atoms with E-state index < -0.39 is 17.3 Å². The summed E-state index contributed by atoms with van der Waals surface area (Å²) in [5.41, 5.74) is 0.582. The number of aryl methyl sites for hydroxylation is 1. The highest BCUT2D eigenvalue weighted by atomic mass is 19.1. The van der Waals surface area contributed by atoms with Gasteiger partial charge in [-0.15, -0.1) is 0 Å². The van der Waals surface area contributed by atoms with Crippen LogP contribution in [0.2, 0.25) is 0 Å². The van der Waals surface area contributed by atoms with Crippen molar-refractivity contribution in [2.24, 2.45) is 0 Å². The number of benzene rings is 1. The Morgan fingerprint density at radius 1 is 1.17 bits per heavy atom. The molecular weight excluding hydrogens is 313 g/mol. The standard InChI is InChI=1S/C17H18FN3O3/c1-11-7-8-15(20-12(2)22)17(24)21(11)10-16(23)19-9-13-5-3-4-6-14(13)18/h3-8H,9-10H2,1-2H3,(H,19,23)(H,20,22). The lowest BCUT2D eigenvalue weighted by Gasteiger charge is -2.12. The topological polar surface area (TPSA) is 80.2 Å². The first-order valence-electron chi connectivity index (χ1n) is 7.36. The second-order valence-electron chi connectivity index (χ2n) is 5.33. The number of nitrogens with zero attached hydrogens (tertiary/aromatic N) is 1. The van der Waals surface area contributed by atoms with Crippen molar-refractivity contribution in [1.29, 1.82) is 0 Å². The van der Waals surface area contributed by atoms with Crippen LogP contribution >= 0.6 is 0 Å². The molecule has 0 atom stereocenters. The third kappa shape index (κ3) is 4.28. The van der Waals surface area contributed by atoms with Gasteiger partial charge in [-0.2, -0.15) is 0 Å². The average molecular weight is 331 g/mol. The van der Waals surface area contributed by atoms with E-state index >= 15 is 0 Å². The van der Waals surface area contributed by atoms with E-state index in [4.69, 9.17) is 0 Å². The molecule has 0 radical (unpaired) electrons. The Balaban J connectivity index is 2.10. The molecule has 2 aromatic rings. The smallest absolute Gasteiger partial charge is 0.274 e. The Labute approximate surface area is 138 Å². The number of hydrogen-bond acceptors (Lipinski definition) is 3. The van der Waals surface area contributed by atoms with Gasteiger partial charge in [0.05, 0.1) is 0 Å². The lowest BCUT2D eigenvalue weighted by atomic mass is 10.2. The molecule has 0 bridgehead atoms. The van der Waals surface area contributed by atoms with Crippen molar-refractivity contribution in [1.82, 2.24) is 9.88 Å². The summed E-state index contributed by atoms with van der Waals surface area (Å²) in [5, 5.41) is 5.00. The quantitative estimate of drug-likeness (QED) is 0.873. The van der Waals surface area contributed by atoms with Crippen molar-refractivity contribution in [3.63, 3.8) is 0 Å². The van der Waals surface area contributed by atoms with Crippen LogP contribution in [0.15, 0.2) is 41.2 Å². The van der Waals surface area contributed by atoms with Gasteiger partial charge in [0, 0.05) is 24.7 Å². The number of carbonyl (C=O) groups is 2. The van der Waals surface area contributed by atoms with Gasteiger partial charge in [-0.3, -0.25) is 14.4 Å². The van der Waals surface area contributed by atoms with Gasteiger partial charge in [0.1, 0.15) is 18.0 Å². The number of hydrogen-bond donors (Lipinski definition) is 2. The van der Waals surface area contributed by atoms with Crippen LogP contribution in [0, 0.1) is 12.7 Å². The van der Waals surface area contributed by atoms with Crippen molar-refractivity contribution in [3.8, 4) is 0 Å². The van der Waals surface area contributed by atoms with Gasteiger partial charge in [-0.1, -0.05) is 18.2 Å². The lowest BCUT2D eigenvalue weighted by molar-refractivity contribution is -0.122. The maximum Gasteiger partial charge on any atom is 0.274 e. The fourth-order valence-electron chi connectivity index (χ4n) is 2.19. The lowest BCUT2D eigenvalue weighted by Crippen LogP contribution is -2.34. The van der Waals surface area contributed by atoms with E-state index in [1.807, 2.05) is 0 Å². The van der Waals surface area contributed by atoms with Crippen LogP contribution in [-0.4, -0.2) is 16.4 Å². The Hall–Kier alpha value is -2.96. The van der Waals surface area contributed by atoms with E-state index in [1.165, 1.54) is 23.6 Å². The van der Waals surface area contributed by atoms with Gasteiger partial charge < -0.3 is 15.2 Å². The van der Waals surface area contributed by atoms with Gasteiger partial charge >= 0.3 is 0 Å². The van der Waals surface area contributed by atoms with Crippen LogP contribution in [0.3, 0.4) is 0 Å². The van der Waals surface area contributed by atoms with Gasteiger partial charge in [0.15, 0.2) is 0 Å². The van der Waals surface area contributed by atoms with Crippen LogP contribution in [-0.2, 0) is 22.7 Å². The molecular formula is C17H18FN3O3. The monoisotopic (exact) mass is 331 g/mol. The van der Waals surface area contributed by atoms with Crippen LogP contribution in [0.25, 0.3) is 0 Å². The first kappa shape index (κ1) is 17.4. The second kappa shape index (κ2) is 7.54. The summed E-state index contributed by atoms with van der Waals surface area (Å²) in [6, 6.07) is 9.26. The van der Waals surface area contributed by atoms with Crippen molar-refractivity contribution >= 4 is 17.5 Å². The predicted octanol–water partition coefficient (Wildman–Crippen LogP) is 1.57. The summed E-state index contributed by atoms with van der Waals surface area (Å²) < 4.78 is 14.8. The number of amides is 2. The first-order valence-corrected chi connectivity index (χ1v) is 7.36. The molecule has 0 spiro atoms. The number of aromatic nitrogens is 1. The molecule has 1 aromatic heterocycles. The van der Waals surface area contributed by atoms with E-state index in [0.29, 0.717) is 11.3 Å². The molecule has 2 amide bonds. The van der Waals surface area contributed by atoms with Crippen LogP contribution in [0.1, 0.15) is 18.2 Å². The molecule has 24 heavy (non-hydrogen) atoms. The number of pyridine rings is 1. The largest absolute Gasteiger partial charge is 0.350 e. The van der Waals surface area contributed by atoms with Gasteiger partial charge in [0.2, 0.25) is 11.8 Å². The fourth-order valence-corrected chi connectivity index (χ4v) is 2.19. The maximum atomic E-state index is 13.5. The van der Waals surface area contributed by atoms with Gasteiger partial charge in [0.25, 0.3) is 5.56 Å². The molecule has 2 rings (SSSR count). The molecule has 6 nitrogen and oxygen atoms in total. The minimum absolute atomic E-state index is 0.0324. The maximum absolute atomic E-state index is 13.5. The highest BCUT2D eigenvalue weighted by Crippen LogP contribution is 2.06. The van der Waals surface area contributed by atoms with Gasteiger partial charge in [-0.25, -0.2) is 4.39 Å². The molecule has 2 N–H and O–H groups in total. The summed E-state index contributed by atoms with van der Waals surface area (Å²) in [4.78, 5) is 35.5. The summed E-state index contributed by atoms with van der Waals surface area (Å²) in [7, 11) is 0. The highest BCUT2D eigenvalue weighted by Gasteiger charge is 2.11. The second-order valence-corrected chi connectivity index (χ2v) is 5.33. The number of rotatable bonds is 5. The molecule has 0 aliphatic carbocycles. The van der Waals surface area contributed by atoms with Gasteiger partial charge in [-0.05, 0) is 25.1 Å². The zero-order chi connectivity index (χ0) is 17.7. The Morgan fingerprint density at radius 3 is 2.54 bits per heavy atom. The minimum Gasteiger partial charge on any atom is -0.350 e. The molecule has 7 heteroatoms. The first-order chi connectivity index (χ1) is 11.4. The minimum atomic E-state index is -0.466. The summed E-state index contributed by atoms with van der Waals surface area (Å²) in [5.74, 6) is -1.20. The van der Waals surface area contributed by atoms with Crippen molar-refractivity contribution in [2.45, 2.75) is 26.9 Å². The third-order valence-electron chi connectivity index (χ3n) is 3.44. The molecule has 126 valence electrons. The van der Waals surface area contributed by atoms with Crippen LogP contribution < -0.4 is 16.2 Å². The summed E-state index contributed by atoms with van der Waals surface area (Å²) >= 11 is 0. The zero-order valence-electron chi connectivity index (χ0n) is 13.4.